The predicted molar refractivity (Wildman–Crippen MR) is 74.9 cm³/mol. The summed E-state index contributed by atoms with van der Waals surface area (Å²) in [4.78, 5) is 12.3. The molecular weight excluding hydrogens is 303 g/mol. The van der Waals surface area contributed by atoms with Crippen LogP contribution in [0.25, 0.3) is 0 Å². The third-order valence-electron chi connectivity index (χ3n) is 3.36. The molecule has 0 bridgehead atoms. The van der Waals surface area contributed by atoms with Crippen molar-refractivity contribution in [1.29, 1.82) is 0 Å². The maximum Gasteiger partial charge on any atom is 0.416 e. The molecule has 1 N–H and O–H groups in total. The molecule has 3 nitrogen and oxygen atoms in total. The van der Waals surface area contributed by atoms with Crippen molar-refractivity contribution in [2.24, 2.45) is 5.92 Å². The lowest BCUT2D eigenvalue weighted by molar-refractivity contribution is -0.145. The van der Waals surface area contributed by atoms with Crippen LogP contribution in [0, 0.1) is 5.92 Å². The van der Waals surface area contributed by atoms with E-state index in [0.29, 0.717) is 17.1 Å². The highest BCUT2D eigenvalue weighted by Gasteiger charge is 2.40. The maximum absolute atomic E-state index is 12.8. The highest BCUT2D eigenvalue weighted by atomic mass is 32.1. The molecule has 21 heavy (non-hydrogen) atoms. The summed E-state index contributed by atoms with van der Waals surface area (Å²) in [6.45, 7) is 2.19. The fourth-order valence-electron chi connectivity index (χ4n) is 2.38. The van der Waals surface area contributed by atoms with Crippen LogP contribution in [-0.4, -0.2) is 24.1 Å². The molecule has 1 aliphatic rings. The van der Waals surface area contributed by atoms with Gasteiger partial charge < -0.3 is 10.1 Å². The molecule has 1 aromatic rings. The van der Waals surface area contributed by atoms with E-state index >= 15 is 0 Å². The Kier molecular flexibility index (Phi) is 4.51. The van der Waals surface area contributed by atoms with E-state index in [0.717, 1.165) is 12.1 Å². The van der Waals surface area contributed by atoms with Crippen LogP contribution in [0.1, 0.15) is 24.0 Å². The number of ether oxygens (including phenoxy) is 1. The van der Waals surface area contributed by atoms with Crippen LogP contribution in [0.3, 0.4) is 0 Å². The van der Waals surface area contributed by atoms with E-state index in [1.165, 1.54) is 6.07 Å². The van der Waals surface area contributed by atoms with Gasteiger partial charge in [-0.25, -0.2) is 0 Å². The van der Waals surface area contributed by atoms with Crippen molar-refractivity contribution in [1.82, 2.24) is 5.32 Å². The maximum atomic E-state index is 12.8. The van der Waals surface area contributed by atoms with Crippen LogP contribution in [0.15, 0.2) is 24.3 Å². The molecule has 0 radical (unpaired) electrons. The number of rotatable bonds is 3. The normalized spacial score (nSPS) is 22.0. The second kappa shape index (κ2) is 6.01. The number of hydrogen-bond acceptors (Lipinski definition) is 3. The van der Waals surface area contributed by atoms with Crippen LogP contribution in [-0.2, 0) is 15.7 Å². The Morgan fingerprint density at radius 3 is 2.81 bits per heavy atom. The average Bonchev–Trinajstić information content (AvgIpc) is 2.80. The summed E-state index contributed by atoms with van der Waals surface area (Å²) < 4.78 is 43.3. The molecule has 1 aromatic carbocycles. The monoisotopic (exact) mass is 317 g/mol. The number of halogens is 3. The number of benzene rings is 1. The van der Waals surface area contributed by atoms with Gasteiger partial charge in [0, 0.05) is 12.5 Å². The zero-order valence-electron chi connectivity index (χ0n) is 11.2. The van der Waals surface area contributed by atoms with E-state index in [4.69, 9.17) is 17.0 Å². The van der Waals surface area contributed by atoms with Crippen molar-refractivity contribution < 1.29 is 22.7 Å². The number of hydrogen-bond donors (Lipinski definition) is 1. The van der Waals surface area contributed by atoms with Crippen LogP contribution in [0.5, 0.6) is 0 Å². The molecule has 2 atom stereocenters. The molecule has 0 spiro atoms. The van der Waals surface area contributed by atoms with Gasteiger partial charge in [-0.2, -0.15) is 13.2 Å². The summed E-state index contributed by atoms with van der Waals surface area (Å²) >= 11 is 5.08. The minimum absolute atomic E-state index is 0.202. The van der Waals surface area contributed by atoms with E-state index in [9.17, 15) is 18.0 Å². The first kappa shape index (κ1) is 15.8. The second-order valence-corrected chi connectivity index (χ2v) is 5.14. The molecule has 0 aliphatic carbocycles. The summed E-state index contributed by atoms with van der Waals surface area (Å²) in [5.74, 6) is -1.68. The zero-order chi connectivity index (χ0) is 15.6. The molecule has 2 unspecified atom stereocenters. The van der Waals surface area contributed by atoms with E-state index in [1.54, 1.807) is 13.0 Å². The van der Waals surface area contributed by atoms with Crippen molar-refractivity contribution in [2.75, 3.05) is 13.2 Å². The first-order valence-corrected chi connectivity index (χ1v) is 6.87. The Morgan fingerprint density at radius 2 is 2.19 bits per heavy atom. The lowest BCUT2D eigenvalue weighted by Gasteiger charge is -2.18. The van der Waals surface area contributed by atoms with Crippen LogP contribution in [0.2, 0.25) is 0 Å². The largest absolute Gasteiger partial charge is 0.465 e. The highest BCUT2D eigenvalue weighted by molar-refractivity contribution is 7.80. The van der Waals surface area contributed by atoms with Gasteiger partial charge in [-0.05, 0) is 18.6 Å². The molecule has 0 aromatic heterocycles. The van der Waals surface area contributed by atoms with Crippen molar-refractivity contribution in [3.05, 3.63) is 35.4 Å². The predicted octanol–water partition coefficient (Wildman–Crippen LogP) is 2.90. The van der Waals surface area contributed by atoms with Gasteiger partial charge >= 0.3 is 12.1 Å². The van der Waals surface area contributed by atoms with Crippen LogP contribution in [0.4, 0.5) is 13.2 Å². The second-order valence-electron chi connectivity index (χ2n) is 4.70. The molecule has 1 heterocycles. The lowest BCUT2D eigenvalue weighted by Crippen LogP contribution is -2.27. The van der Waals surface area contributed by atoms with Gasteiger partial charge in [0.1, 0.15) is 5.92 Å². The first-order chi connectivity index (χ1) is 9.84. The van der Waals surface area contributed by atoms with Crippen molar-refractivity contribution in [3.8, 4) is 0 Å². The van der Waals surface area contributed by atoms with Crippen molar-refractivity contribution in [3.63, 3.8) is 0 Å². The van der Waals surface area contributed by atoms with Gasteiger partial charge in [-0.3, -0.25) is 4.79 Å². The molecule has 114 valence electrons. The van der Waals surface area contributed by atoms with Gasteiger partial charge in [0.15, 0.2) is 0 Å². The summed E-state index contributed by atoms with van der Waals surface area (Å²) in [5, 5.41) is 2.87. The number of esters is 1. The first-order valence-electron chi connectivity index (χ1n) is 6.46. The van der Waals surface area contributed by atoms with Gasteiger partial charge in [0.2, 0.25) is 0 Å². The van der Waals surface area contributed by atoms with Gasteiger partial charge in [0.25, 0.3) is 0 Å². The molecule has 2 rings (SSSR count). The molecule has 1 fully saturated rings. The number of carbonyl (C=O) groups is 1. The Bertz CT molecular complexity index is 559. The van der Waals surface area contributed by atoms with Gasteiger partial charge in [-0.1, -0.05) is 30.4 Å². The number of thiocarbonyl (C=S) groups is 1. The summed E-state index contributed by atoms with van der Waals surface area (Å²) in [6, 6.07) is 4.97. The van der Waals surface area contributed by atoms with E-state index in [1.807, 2.05) is 0 Å². The topological polar surface area (TPSA) is 38.3 Å². The van der Waals surface area contributed by atoms with E-state index in [-0.39, 0.29) is 6.61 Å². The van der Waals surface area contributed by atoms with Gasteiger partial charge in [-0.15, -0.1) is 0 Å². The summed E-state index contributed by atoms with van der Waals surface area (Å²) in [5.41, 5.74) is -0.310. The smallest absolute Gasteiger partial charge is 0.416 e. The van der Waals surface area contributed by atoms with Crippen LogP contribution < -0.4 is 5.32 Å². The Hall–Kier alpha value is -1.63. The Balaban J connectivity index is 2.32. The van der Waals surface area contributed by atoms with E-state index < -0.39 is 29.5 Å². The zero-order valence-corrected chi connectivity index (χ0v) is 12.1. The minimum Gasteiger partial charge on any atom is -0.465 e. The van der Waals surface area contributed by atoms with Crippen LogP contribution >= 0.6 is 12.2 Å². The number of alkyl halides is 3. The molecule has 0 amide bonds. The Morgan fingerprint density at radius 1 is 1.48 bits per heavy atom. The fourth-order valence-corrected chi connectivity index (χ4v) is 2.72. The minimum atomic E-state index is -4.41. The van der Waals surface area contributed by atoms with Crippen molar-refractivity contribution in [2.45, 2.75) is 19.0 Å². The number of nitrogens with one attached hydrogen (secondary N) is 1. The average molecular weight is 317 g/mol. The molecule has 1 saturated heterocycles. The molecule has 1 aliphatic heterocycles. The number of carbonyl (C=O) groups excluding carboxylic acids is 1. The third kappa shape index (κ3) is 3.34. The highest BCUT2D eigenvalue weighted by Crippen LogP contribution is 2.35. The van der Waals surface area contributed by atoms with Gasteiger partial charge in [0.05, 0.1) is 17.2 Å². The Labute approximate surface area is 125 Å². The SMILES string of the molecule is CCOC(=O)C1C(=S)NCC1c1cccc(C(F)(F)F)c1. The fraction of sp³-hybridized carbons (Fsp3) is 0.429. The summed E-state index contributed by atoms with van der Waals surface area (Å²) in [7, 11) is 0. The summed E-state index contributed by atoms with van der Waals surface area (Å²) in [6.07, 6.45) is -4.41. The molecule has 7 heteroatoms. The third-order valence-corrected chi connectivity index (χ3v) is 3.76. The molecule has 0 saturated carbocycles. The lowest BCUT2D eigenvalue weighted by atomic mass is 9.88. The van der Waals surface area contributed by atoms with E-state index in [2.05, 4.69) is 5.32 Å². The molecular formula is C14H14F3NO2S. The standard InChI is InChI=1S/C14H14F3NO2S/c1-2-20-13(19)11-10(7-18-12(11)21)8-4-3-5-9(6-8)14(15,16)17/h3-6,10-11H,2,7H2,1H3,(H,18,21). The quantitative estimate of drug-likeness (QED) is 0.687. The van der Waals surface area contributed by atoms with Crippen molar-refractivity contribution >= 4 is 23.2 Å².